The lowest BCUT2D eigenvalue weighted by Gasteiger charge is -2.33. The number of carboxylic acids is 1. The lowest BCUT2D eigenvalue weighted by molar-refractivity contribution is -0.155. The first-order valence-corrected chi connectivity index (χ1v) is 9.29. The Morgan fingerprint density at radius 1 is 1.12 bits per heavy atom. The molecule has 0 radical (unpaired) electrons. The first-order valence-electron chi connectivity index (χ1n) is 9.29. The maximum Gasteiger partial charge on any atom is 0.332 e. The molecule has 0 aliphatic carbocycles. The lowest BCUT2D eigenvalue weighted by atomic mass is 9.87. The van der Waals surface area contributed by atoms with Gasteiger partial charge in [-0.3, -0.25) is 4.79 Å². The predicted octanol–water partition coefficient (Wildman–Crippen LogP) is 2.81. The zero-order valence-electron chi connectivity index (χ0n) is 14.9. The summed E-state index contributed by atoms with van der Waals surface area (Å²) < 4.78 is 5.42. The van der Waals surface area contributed by atoms with Crippen LogP contribution < -0.4 is 0 Å². The SMILES string of the molecule is Cc1[nH]c2ccccc2c1C1CCN(C(=O)[C@@H]2CC[C@H](C(=O)O)O2)CC1. The number of aromatic nitrogens is 1. The van der Waals surface area contributed by atoms with Crippen LogP contribution in [0.5, 0.6) is 0 Å². The molecule has 138 valence electrons. The van der Waals surface area contributed by atoms with E-state index in [0.717, 1.165) is 18.4 Å². The summed E-state index contributed by atoms with van der Waals surface area (Å²) in [5.74, 6) is -0.594. The van der Waals surface area contributed by atoms with E-state index in [1.807, 2.05) is 11.0 Å². The number of para-hydroxylation sites is 1. The average molecular weight is 356 g/mol. The molecule has 2 atom stereocenters. The molecule has 1 amide bonds. The van der Waals surface area contributed by atoms with E-state index < -0.39 is 18.2 Å². The molecule has 2 aromatic rings. The molecule has 0 spiro atoms. The molecule has 0 saturated carbocycles. The molecule has 0 unspecified atom stereocenters. The largest absolute Gasteiger partial charge is 0.479 e. The van der Waals surface area contributed by atoms with Gasteiger partial charge in [0.05, 0.1) is 0 Å². The fourth-order valence-corrected chi connectivity index (χ4v) is 4.42. The fraction of sp³-hybridized carbons (Fsp3) is 0.500. The maximum atomic E-state index is 12.6. The molecule has 1 aromatic heterocycles. The number of amides is 1. The number of aryl methyl sites for hydroxylation is 1. The monoisotopic (exact) mass is 356 g/mol. The van der Waals surface area contributed by atoms with Crippen LogP contribution >= 0.6 is 0 Å². The number of H-pyrrole nitrogens is 1. The van der Waals surface area contributed by atoms with Gasteiger partial charge in [-0.1, -0.05) is 18.2 Å². The Morgan fingerprint density at radius 3 is 2.50 bits per heavy atom. The molecule has 2 fully saturated rings. The molecule has 6 nitrogen and oxygen atoms in total. The number of nitrogens with zero attached hydrogens (tertiary/aromatic N) is 1. The van der Waals surface area contributed by atoms with Gasteiger partial charge in [-0.15, -0.1) is 0 Å². The molecule has 1 aromatic carbocycles. The molecule has 2 saturated heterocycles. The summed E-state index contributed by atoms with van der Waals surface area (Å²) in [6, 6.07) is 8.36. The van der Waals surface area contributed by atoms with Crippen LogP contribution in [0.2, 0.25) is 0 Å². The number of benzene rings is 1. The van der Waals surface area contributed by atoms with E-state index in [2.05, 4.69) is 30.1 Å². The molecule has 2 N–H and O–H groups in total. The van der Waals surface area contributed by atoms with Crippen LogP contribution in [-0.4, -0.2) is 52.2 Å². The number of rotatable bonds is 3. The van der Waals surface area contributed by atoms with Crippen molar-refractivity contribution >= 4 is 22.8 Å². The van der Waals surface area contributed by atoms with Crippen LogP contribution in [0.1, 0.15) is 42.9 Å². The van der Waals surface area contributed by atoms with Crippen LogP contribution in [0.3, 0.4) is 0 Å². The highest BCUT2D eigenvalue weighted by molar-refractivity contribution is 5.85. The van der Waals surface area contributed by atoms with E-state index in [-0.39, 0.29) is 5.91 Å². The van der Waals surface area contributed by atoms with Gasteiger partial charge in [0.25, 0.3) is 5.91 Å². The number of carboxylic acid groups (broad SMARTS) is 1. The third-order valence-electron chi connectivity index (χ3n) is 5.73. The van der Waals surface area contributed by atoms with Gasteiger partial charge in [0.15, 0.2) is 6.10 Å². The van der Waals surface area contributed by atoms with Gasteiger partial charge in [-0.25, -0.2) is 4.79 Å². The van der Waals surface area contributed by atoms with E-state index in [9.17, 15) is 9.59 Å². The van der Waals surface area contributed by atoms with E-state index in [4.69, 9.17) is 9.84 Å². The summed E-state index contributed by atoms with van der Waals surface area (Å²) in [6.45, 7) is 3.51. The van der Waals surface area contributed by atoms with Crippen molar-refractivity contribution in [2.24, 2.45) is 0 Å². The summed E-state index contributed by atoms with van der Waals surface area (Å²) in [5, 5.41) is 10.3. The number of hydrogen-bond donors (Lipinski definition) is 2. The van der Waals surface area contributed by atoms with Gasteiger partial charge in [0.2, 0.25) is 0 Å². The molecule has 0 bridgehead atoms. The highest BCUT2D eigenvalue weighted by Crippen LogP contribution is 2.36. The number of carbonyl (C=O) groups excluding carboxylic acids is 1. The summed E-state index contributed by atoms with van der Waals surface area (Å²) in [5.41, 5.74) is 3.74. The number of aliphatic carboxylic acids is 1. The second-order valence-corrected chi connectivity index (χ2v) is 7.34. The highest BCUT2D eigenvalue weighted by Gasteiger charge is 2.38. The van der Waals surface area contributed by atoms with Gasteiger partial charge in [0.1, 0.15) is 6.10 Å². The minimum absolute atomic E-state index is 0.0529. The van der Waals surface area contributed by atoms with Crippen molar-refractivity contribution in [3.8, 4) is 0 Å². The number of piperidine rings is 1. The number of ether oxygens (including phenoxy) is 1. The first kappa shape index (κ1) is 17.1. The molecule has 2 aliphatic heterocycles. The smallest absolute Gasteiger partial charge is 0.332 e. The van der Waals surface area contributed by atoms with Crippen molar-refractivity contribution in [2.75, 3.05) is 13.1 Å². The normalized spacial score (nSPS) is 24.3. The number of fused-ring (bicyclic) bond motifs is 1. The van der Waals surface area contributed by atoms with Crippen molar-refractivity contribution in [3.05, 3.63) is 35.5 Å². The standard InChI is InChI=1S/C20H24N2O4/c1-12-18(14-4-2-3-5-15(14)21-12)13-8-10-22(11-9-13)19(23)16-6-7-17(26-16)20(24)25/h2-5,13,16-17,21H,6-11H2,1H3,(H,24,25)/t16-,17+/m0/s1. The Kier molecular flexibility index (Phi) is 4.44. The van der Waals surface area contributed by atoms with Gasteiger partial charge in [-0.2, -0.15) is 0 Å². The Labute approximate surface area is 152 Å². The topological polar surface area (TPSA) is 82.6 Å². The van der Waals surface area contributed by atoms with Gasteiger partial charge >= 0.3 is 5.97 Å². The van der Waals surface area contributed by atoms with Gasteiger partial charge < -0.3 is 19.7 Å². The van der Waals surface area contributed by atoms with Crippen LogP contribution in [0.25, 0.3) is 10.9 Å². The number of carbonyl (C=O) groups is 2. The second-order valence-electron chi connectivity index (χ2n) is 7.34. The van der Waals surface area contributed by atoms with E-state index in [0.29, 0.717) is 31.8 Å². The molecule has 4 rings (SSSR count). The predicted molar refractivity (Wildman–Crippen MR) is 97.1 cm³/mol. The van der Waals surface area contributed by atoms with Crippen molar-refractivity contribution < 1.29 is 19.4 Å². The van der Waals surface area contributed by atoms with Gasteiger partial charge in [-0.05, 0) is 50.2 Å². The lowest BCUT2D eigenvalue weighted by Crippen LogP contribution is -2.43. The number of likely N-dealkylation sites (tertiary alicyclic amines) is 1. The summed E-state index contributed by atoms with van der Waals surface area (Å²) >= 11 is 0. The van der Waals surface area contributed by atoms with Crippen LogP contribution in [0, 0.1) is 6.92 Å². The zero-order valence-corrected chi connectivity index (χ0v) is 14.9. The van der Waals surface area contributed by atoms with Gasteiger partial charge in [0, 0.05) is 29.7 Å². The number of nitrogens with one attached hydrogen (secondary N) is 1. The summed E-state index contributed by atoms with van der Waals surface area (Å²) in [7, 11) is 0. The molecule has 2 aliphatic rings. The minimum Gasteiger partial charge on any atom is -0.479 e. The van der Waals surface area contributed by atoms with E-state index in [1.165, 1.54) is 16.6 Å². The third kappa shape index (κ3) is 2.98. The van der Waals surface area contributed by atoms with Crippen LogP contribution in [0.15, 0.2) is 24.3 Å². The van der Waals surface area contributed by atoms with Crippen molar-refractivity contribution in [1.29, 1.82) is 0 Å². The molecular weight excluding hydrogens is 332 g/mol. The Bertz CT molecular complexity index is 835. The molecule has 3 heterocycles. The first-order chi connectivity index (χ1) is 12.5. The highest BCUT2D eigenvalue weighted by atomic mass is 16.5. The molecular formula is C20H24N2O4. The summed E-state index contributed by atoms with van der Waals surface area (Å²) in [4.78, 5) is 29.0. The number of aromatic amines is 1. The molecule has 26 heavy (non-hydrogen) atoms. The maximum absolute atomic E-state index is 12.6. The quantitative estimate of drug-likeness (QED) is 0.886. The third-order valence-corrected chi connectivity index (χ3v) is 5.73. The van der Waals surface area contributed by atoms with Crippen molar-refractivity contribution in [1.82, 2.24) is 9.88 Å². The molecule has 6 heteroatoms. The second kappa shape index (κ2) is 6.76. The van der Waals surface area contributed by atoms with Crippen molar-refractivity contribution in [3.63, 3.8) is 0 Å². The minimum atomic E-state index is -0.978. The number of hydrogen-bond acceptors (Lipinski definition) is 3. The zero-order chi connectivity index (χ0) is 18.3. The van der Waals surface area contributed by atoms with E-state index >= 15 is 0 Å². The van der Waals surface area contributed by atoms with Crippen LogP contribution in [0.4, 0.5) is 0 Å². The fourth-order valence-electron chi connectivity index (χ4n) is 4.42. The Morgan fingerprint density at radius 2 is 1.81 bits per heavy atom. The average Bonchev–Trinajstić information content (AvgIpc) is 3.25. The summed E-state index contributed by atoms with van der Waals surface area (Å²) in [6.07, 6.45) is 1.32. The Hall–Kier alpha value is -2.34. The van der Waals surface area contributed by atoms with Crippen LogP contribution in [-0.2, 0) is 14.3 Å². The Balaban J connectivity index is 1.42. The van der Waals surface area contributed by atoms with Crippen molar-refractivity contribution in [2.45, 2.75) is 50.7 Å². The van der Waals surface area contributed by atoms with E-state index in [1.54, 1.807) is 0 Å².